The maximum absolute atomic E-state index is 2.52. The van der Waals surface area contributed by atoms with E-state index < -0.39 is 0 Å². The predicted octanol–water partition coefficient (Wildman–Crippen LogP) is 11.2. The Labute approximate surface area is 277 Å². The van der Waals surface area contributed by atoms with Crippen LogP contribution in [0.2, 0.25) is 0 Å². The first kappa shape index (κ1) is 29.7. The van der Waals surface area contributed by atoms with E-state index in [-0.39, 0.29) is 0 Å². The number of hydrogen-bond donors (Lipinski definition) is 0. The van der Waals surface area contributed by atoms with E-state index >= 15 is 0 Å². The minimum atomic E-state index is 1.08. The Bertz CT molecular complexity index is 1560. The van der Waals surface area contributed by atoms with Gasteiger partial charge in [0.1, 0.15) is 0 Å². The lowest BCUT2D eigenvalue weighted by Gasteiger charge is -2.14. The molecule has 4 aromatic carbocycles. The molecule has 0 aliphatic carbocycles. The lowest BCUT2D eigenvalue weighted by Crippen LogP contribution is -1.97. The molecular formula is C36H36S6. The van der Waals surface area contributed by atoms with Crippen LogP contribution >= 0.6 is 70.6 Å². The quantitative estimate of drug-likeness (QED) is 0.183. The van der Waals surface area contributed by atoms with Crippen LogP contribution in [0.4, 0.5) is 0 Å². The number of thioether (sulfide) groups is 6. The molecule has 11 bridgehead atoms. The maximum atomic E-state index is 2.52. The molecule has 0 spiro atoms. The molecule has 3 aliphatic heterocycles. The monoisotopic (exact) mass is 660 g/mol. The molecule has 3 aliphatic rings. The summed E-state index contributed by atoms with van der Waals surface area (Å²) in [6, 6.07) is 29.7. The molecule has 7 rings (SSSR count). The first-order chi connectivity index (χ1) is 20.7. The summed E-state index contributed by atoms with van der Waals surface area (Å²) in [6.07, 6.45) is 0. The van der Waals surface area contributed by atoms with Gasteiger partial charge in [0.15, 0.2) is 0 Å². The zero-order chi connectivity index (χ0) is 28.1. The molecule has 6 heteroatoms. The first-order valence-corrected chi connectivity index (χ1v) is 21.6. The molecule has 42 heavy (non-hydrogen) atoms. The van der Waals surface area contributed by atoms with Gasteiger partial charge >= 0.3 is 0 Å². The minimum Gasteiger partial charge on any atom is -0.152 e. The lowest BCUT2D eigenvalue weighted by molar-refractivity contribution is 1.22. The van der Waals surface area contributed by atoms with Crippen molar-refractivity contribution in [3.05, 3.63) is 140 Å². The van der Waals surface area contributed by atoms with Gasteiger partial charge in [0.25, 0.3) is 0 Å². The van der Waals surface area contributed by atoms with Gasteiger partial charge in [-0.25, -0.2) is 0 Å². The van der Waals surface area contributed by atoms with Crippen molar-refractivity contribution in [1.29, 1.82) is 0 Å². The highest BCUT2D eigenvalue weighted by Crippen LogP contribution is 2.33. The summed E-state index contributed by atoms with van der Waals surface area (Å²) in [5.41, 5.74) is 17.9. The highest BCUT2D eigenvalue weighted by Gasteiger charge is 2.12. The van der Waals surface area contributed by atoms with Crippen LogP contribution in [0.5, 0.6) is 0 Å². The van der Waals surface area contributed by atoms with E-state index in [4.69, 9.17) is 0 Å². The second-order valence-corrected chi connectivity index (χ2v) is 17.4. The highest BCUT2D eigenvalue weighted by atomic mass is 32.2. The molecule has 3 heterocycles. The molecule has 0 unspecified atom stereocenters. The summed E-state index contributed by atoms with van der Waals surface area (Å²) >= 11 is 12.5. The van der Waals surface area contributed by atoms with Gasteiger partial charge in [-0.05, 0) is 66.8 Å². The Morgan fingerprint density at radius 3 is 0.833 bits per heavy atom. The zero-order valence-corrected chi connectivity index (χ0v) is 28.8. The SMILES string of the molecule is c1cc2c3cc1CSCc1cc4cc(c1)CSCc1cc(cc(c1)CSC3)CSCc1cc(cc(c1)CSC2)CSC4. The van der Waals surface area contributed by atoms with Gasteiger partial charge in [-0.1, -0.05) is 72.8 Å². The zero-order valence-electron chi connectivity index (χ0n) is 23.9. The molecule has 0 saturated heterocycles. The van der Waals surface area contributed by atoms with Crippen molar-refractivity contribution in [2.75, 3.05) is 0 Å². The predicted molar refractivity (Wildman–Crippen MR) is 196 cm³/mol. The summed E-state index contributed by atoms with van der Waals surface area (Å²) in [5, 5.41) is 0. The average Bonchev–Trinajstić information content (AvgIpc) is 2.97. The van der Waals surface area contributed by atoms with Crippen molar-refractivity contribution in [3.63, 3.8) is 0 Å². The summed E-state index contributed by atoms with van der Waals surface area (Å²) in [6.45, 7) is 0. The van der Waals surface area contributed by atoms with Crippen LogP contribution in [0.3, 0.4) is 0 Å². The molecule has 216 valence electrons. The van der Waals surface area contributed by atoms with Crippen molar-refractivity contribution in [2.45, 2.75) is 69.0 Å². The maximum Gasteiger partial charge on any atom is 0.0191 e. The second-order valence-electron chi connectivity index (χ2n) is 11.5. The van der Waals surface area contributed by atoms with Crippen LogP contribution in [0.25, 0.3) is 0 Å². The van der Waals surface area contributed by atoms with Crippen LogP contribution < -0.4 is 0 Å². The van der Waals surface area contributed by atoms with E-state index in [1.165, 1.54) is 66.8 Å². The van der Waals surface area contributed by atoms with Gasteiger partial charge in [-0.2, -0.15) is 70.6 Å². The number of benzene rings is 4. The van der Waals surface area contributed by atoms with Gasteiger partial charge in [0.2, 0.25) is 0 Å². The van der Waals surface area contributed by atoms with Crippen LogP contribution in [0, 0.1) is 0 Å². The molecule has 0 radical (unpaired) electrons. The largest absolute Gasteiger partial charge is 0.152 e. The molecule has 0 aromatic heterocycles. The second kappa shape index (κ2) is 14.4. The molecule has 0 saturated carbocycles. The molecule has 4 aromatic rings. The topological polar surface area (TPSA) is 0 Å². The smallest absolute Gasteiger partial charge is 0.0191 e. The summed E-state index contributed by atoms with van der Waals surface area (Å²) in [4.78, 5) is 0. The fourth-order valence-electron chi connectivity index (χ4n) is 6.02. The lowest BCUT2D eigenvalue weighted by atomic mass is 10.1. The third-order valence-electron chi connectivity index (χ3n) is 7.81. The summed E-state index contributed by atoms with van der Waals surface area (Å²) in [5.74, 6) is 12.9. The Balaban J connectivity index is 1.36. The molecular weight excluding hydrogens is 625 g/mol. The van der Waals surface area contributed by atoms with E-state index in [9.17, 15) is 0 Å². The third-order valence-corrected chi connectivity index (χ3v) is 14.2. The van der Waals surface area contributed by atoms with E-state index in [0.29, 0.717) is 0 Å². The van der Waals surface area contributed by atoms with Gasteiger partial charge in [0, 0.05) is 69.0 Å². The summed E-state index contributed by atoms with van der Waals surface area (Å²) < 4.78 is 0. The van der Waals surface area contributed by atoms with Crippen molar-refractivity contribution in [1.82, 2.24) is 0 Å². The Hall–Kier alpha value is -1.02. The summed E-state index contributed by atoms with van der Waals surface area (Å²) in [7, 11) is 0. The molecule has 0 atom stereocenters. The van der Waals surface area contributed by atoms with E-state index in [1.807, 2.05) is 0 Å². The molecule has 0 N–H and O–H groups in total. The van der Waals surface area contributed by atoms with Crippen LogP contribution in [0.15, 0.2) is 72.8 Å². The first-order valence-electron chi connectivity index (χ1n) is 14.6. The van der Waals surface area contributed by atoms with E-state index in [1.54, 1.807) is 0 Å². The van der Waals surface area contributed by atoms with Crippen molar-refractivity contribution >= 4 is 70.6 Å². The van der Waals surface area contributed by atoms with Gasteiger partial charge in [-0.15, -0.1) is 0 Å². The van der Waals surface area contributed by atoms with Crippen molar-refractivity contribution < 1.29 is 0 Å². The standard InChI is InChI=1S/C36H36S6/c1-2-35-23-41-21-33-8-29-6-30(9-33)18-40-20-32-7-31-10-34(11-32)22-42-24-36(35)12-25(1)13-37-14-26-3-27(15-38-17-29)5-28(4-26)16-39-19-31/h1-12H,13-24H2. The van der Waals surface area contributed by atoms with Gasteiger partial charge < -0.3 is 0 Å². The highest BCUT2D eigenvalue weighted by molar-refractivity contribution is 7.99. The van der Waals surface area contributed by atoms with Gasteiger partial charge in [-0.3, -0.25) is 0 Å². The molecule has 0 fully saturated rings. The van der Waals surface area contributed by atoms with Crippen LogP contribution in [-0.2, 0) is 69.0 Å². The molecule has 0 amide bonds. The van der Waals surface area contributed by atoms with E-state index in [2.05, 4.69) is 143 Å². The Morgan fingerprint density at radius 2 is 0.500 bits per heavy atom. The molecule has 0 nitrogen and oxygen atoms in total. The van der Waals surface area contributed by atoms with Crippen LogP contribution in [-0.4, -0.2) is 0 Å². The Kier molecular flexibility index (Phi) is 10.2. The van der Waals surface area contributed by atoms with Crippen LogP contribution in [0.1, 0.15) is 66.8 Å². The number of fused-ring (bicyclic) bond motifs is 11. The fourth-order valence-corrected chi connectivity index (χ4v) is 11.7. The fraction of sp³-hybridized carbons (Fsp3) is 0.333. The van der Waals surface area contributed by atoms with E-state index in [0.717, 1.165) is 69.0 Å². The van der Waals surface area contributed by atoms with Crippen molar-refractivity contribution in [3.8, 4) is 0 Å². The normalized spacial score (nSPS) is 17.7. The number of hydrogen-bond acceptors (Lipinski definition) is 6. The minimum absolute atomic E-state index is 1.08. The third kappa shape index (κ3) is 7.97. The average molecular weight is 661 g/mol. The van der Waals surface area contributed by atoms with Crippen molar-refractivity contribution in [2.24, 2.45) is 0 Å². The number of rotatable bonds is 0. The Morgan fingerprint density at radius 1 is 0.238 bits per heavy atom. The van der Waals surface area contributed by atoms with Gasteiger partial charge in [0.05, 0.1) is 0 Å².